The molecule has 0 saturated carbocycles. The quantitative estimate of drug-likeness (QED) is 0.251. The number of nitrogens with zero attached hydrogens (tertiary/aromatic N) is 3. The molecular weight excluding hydrogens is 413 g/mol. The molecule has 0 aromatic carbocycles. The molecule has 4 heterocycles. The fourth-order valence-electron chi connectivity index (χ4n) is 2.49. The number of amides is 1. The molecular formula is C19H16FN5O2S2. The number of carbonyl (C=O) groups excluding carboxylic acids is 1. The lowest BCUT2D eigenvalue weighted by atomic mass is 10.3. The number of aromatic amines is 1. The summed E-state index contributed by atoms with van der Waals surface area (Å²) in [5, 5.41) is 2.44. The first-order chi connectivity index (χ1) is 13.9. The molecule has 0 aliphatic carbocycles. The molecule has 0 aliphatic heterocycles. The second-order valence-corrected chi connectivity index (χ2v) is 6.79. The van der Waals surface area contributed by atoms with Crippen molar-refractivity contribution < 1.29 is 13.9 Å². The van der Waals surface area contributed by atoms with Gasteiger partial charge in [0.25, 0.3) is 0 Å². The summed E-state index contributed by atoms with van der Waals surface area (Å²) in [6, 6.07) is 6.51. The van der Waals surface area contributed by atoms with Crippen molar-refractivity contribution in [1.29, 1.82) is 0 Å². The van der Waals surface area contributed by atoms with E-state index in [1.165, 1.54) is 12.3 Å². The van der Waals surface area contributed by atoms with Gasteiger partial charge in [0.05, 0.1) is 18.6 Å². The molecule has 148 valence electrons. The smallest absolute Gasteiger partial charge is 0.212 e. The highest BCUT2D eigenvalue weighted by Crippen LogP contribution is 2.23. The van der Waals surface area contributed by atoms with E-state index >= 15 is 0 Å². The van der Waals surface area contributed by atoms with Crippen LogP contribution < -0.4 is 10.1 Å². The number of H-pyrrole nitrogens is 1. The van der Waals surface area contributed by atoms with Gasteiger partial charge in [0, 0.05) is 23.4 Å². The molecule has 4 rings (SSSR count). The third-order valence-corrected chi connectivity index (χ3v) is 4.08. The first-order valence-corrected chi connectivity index (χ1v) is 9.15. The number of aromatic nitrogens is 4. The molecule has 1 amide bonds. The summed E-state index contributed by atoms with van der Waals surface area (Å²) >= 11 is 8.91. The molecule has 0 aliphatic rings. The number of nitrogens with one attached hydrogen (secondary N) is 2. The molecule has 0 radical (unpaired) electrons. The lowest BCUT2D eigenvalue weighted by molar-refractivity contribution is -0.105. The Balaban J connectivity index is 0.000000188. The van der Waals surface area contributed by atoms with Gasteiger partial charge in [-0.3, -0.25) is 9.78 Å². The van der Waals surface area contributed by atoms with E-state index in [9.17, 15) is 9.18 Å². The van der Waals surface area contributed by atoms with Crippen LogP contribution in [0.1, 0.15) is 5.56 Å². The maximum Gasteiger partial charge on any atom is 0.212 e. The van der Waals surface area contributed by atoms with Crippen LogP contribution in [0, 0.1) is 17.4 Å². The summed E-state index contributed by atoms with van der Waals surface area (Å²) in [5.41, 5.74) is 1.86. The van der Waals surface area contributed by atoms with Gasteiger partial charge in [-0.2, -0.15) is 0 Å². The summed E-state index contributed by atoms with van der Waals surface area (Å²) < 4.78 is 21.0. The summed E-state index contributed by atoms with van der Waals surface area (Å²) in [6.07, 6.45) is 8.52. The molecule has 0 fully saturated rings. The second kappa shape index (κ2) is 9.30. The van der Waals surface area contributed by atoms with Crippen LogP contribution in [0.2, 0.25) is 0 Å². The van der Waals surface area contributed by atoms with Crippen LogP contribution >= 0.6 is 24.8 Å². The number of ether oxygens (including phenoxy) is 1. The number of thiol groups is 1. The monoisotopic (exact) mass is 429 g/mol. The van der Waals surface area contributed by atoms with Crippen LogP contribution in [0.15, 0.2) is 60.1 Å². The van der Waals surface area contributed by atoms with Crippen molar-refractivity contribution >= 4 is 42.7 Å². The number of rotatable bonds is 4. The molecule has 0 atom stereocenters. The van der Waals surface area contributed by atoms with Crippen LogP contribution in [0.4, 0.5) is 10.2 Å². The zero-order chi connectivity index (χ0) is 20.8. The molecule has 4 aromatic rings. The SMILES string of the molecule is Cc1cc(Oc2cncc(F)c2)cn2ccnc12.O=CNc1cc(S)cc(=S)[nH]1. The fraction of sp³-hybridized carbons (Fsp3) is 0.0526. The van der Waals surface area contributed by atoms with E-state index in [-0.39, 0.29) is 0 Å². The van der Waals surface area contributed by atoms with Crippen LogP contribution in [0.25, 0.3) is 5.65 Å². The average molecular weight is 430 g/mol. The number of fused-ring (bicyclic) bond motifs is 1. The number of pyridine rings is 3. The van der Waals surface area contributed by atoms with Crippen molar-refractivity contribution in [2.45, 2.75) is 11.8 Å². The Kier molecular flexibility index (Phi) is 6.57. The van der Waals surface area contributed by atoms with E-state index in [0.717, 1.165) is 22.3 Å². The zero-order valence-electron chi connectivity index (χ0n) is 15.2. The first kappa shape index (κ1) is 20.5. The number of aryl methyl sites for hydroxylation is 1. The van der Waals surface area contributed by atoms with E-state index in [2.05, 4.69) is 32.9 Å². The van der Waals surface area contributed by atoms with E-state index in [1.807, 2.05) is 23.6 Å². The molecule has 7 nitrogen and oxygen atoms in total. The minimum atomic E-state index is -0.423. The number of hydrogen-bond donors (Lipinski definition) is 3. The van der Waals surface area contributed by atoms with E-state index in [1.54, 1.807) is 24.5 Å². The Morgan fingerprint density at radius 2 is 2.10 bits per heavy atom. The summed E-state index contributed by atoms with van der Waals surface area (Å²) in [4.78, 5) is 21.5. The van der Waals surface area contributed by atoms with Crippen LogP contribution in [0.3, 0.4) is 0 Å². The highest BCUT2D eigenvalue weighted by molar-refractivity contribution is 7.80. The number of carbonyl (C=O) groups is 1. The molecule has 10 heteroatoms. The number of hydrogen-bond acceptors (Lipinski definition) is 6. The molecule has 4 aromatic heterocycles. The van der Waals surface area contributed by atoms with Crippen molar-refractivity contribution in [2.75, 3.05) is 5.32 Å². The predicted molar refractivity (Wildman–Crippen MR) is 113 cm³/mol. The van der Waals surface area contributed by atoms with Crippen molar-refractivity contribution in [1.82, 2.24) is 19.4 Å². The Labute approximate surface area is 176 Å². The number of halogens is 1. The number of anilines is 1. The highest BCUT2D eigenvalue weighted by atomic mass is 32.1. The molecule has 0 saturated heterocycles. The normalized spacial score (nSPS) is 10.2. The Morgan fingerprint density at radius 3 is 2.83 bits per heavy atom. The minimum Gasteiger partial charge on any atom is -0.454 e. The van der Waals surface area contributed by atoms with E-state index in [4.69, 9.17) is 17.0 Å². The third-order valence-electron chi connectivity index (χ3n) is 3.61. The van der Waals surface area contributed by atoms with Gasteiger partial charge >= 0.3 is 0 Å². The largest absolute Gasteiger partial charge is 0.454 e. The van der Waals surface area contributed by atoms with Gasteiger partial charge in [-0.25, -0.2) is 9.37 Å². The summed E-state index contributed by atoms with van der Waals surface area (Å²) in [5.74, 6) is 1.12. The predicted octanol–water partition coefficient (Wildman–Crippen LogP) is 4.57. The molecule has 0 bridgehead atoms. The Hall–Kier alpha value is -3.24. The van der Waals surface area contributed by atoms with Crippen molar-refractivity contribution in [3.05, 3.63) is 71.3 Å². The lowest BCUT2D eigenvalue weighted by Gasteiger charge is -2.07. The van der Waals surface area contributed by atoms with Gasteiger partial charge in [0.2, 0.25) is 6.41 Å². The first-order valence-electron chi connectivity index (χ1n) is 8.30. The second-order valence-electron chi connectivity index (χ2n) is 5.84. The molecule has 0 unspecified atom stereocenters. The summed E-state index contributed by atoms with van der Waals surface area (Å²) in [6.45, 7) is 1.94. The minimum absolute atomic E-state index is 0.369. The lowest BCUT2D eigenvalue weighted by Crippen LogP contribution is -1.96. The van der Waals surface area contributed by atoms with Gasteiger partial charge in [0.15, 0.2) is 0 Å². The molecule has 29 heavy (non-hydrogen) atoms. The van der Waals surface area contributed by atoms with Gasteiger partial charge in [-0.15, -0.1) is 12.6 Å². The Bertz CT molecular complexity index is 1210. The maximum absolute atomic E-state index is 13.0. The van der Waals surface area contributed by atoms with Gasteiger partial charge < -0.3 is 19.4 Å². The number of imidazole rings is 1. The van der Waals surface area contributed by atoms with E-state index in [0.29, 0.717) is 28.4 Å². The highest BCUT2D eigenvalue weighted by Gasteiger charge is 2.04. The van der Waals surface area contributed by atoms with Crippen molar-refractivity contribution in [3.63, 3.8) is 0 Å². The van der Waals surface area contributed by atoms with E-state index < -0.39 is 5.82 Å². The third kappa shape index (κ3) is 5.62. The topological polar surface area (TPSA) is 84.3 Å². The molecule has 2 N–H and O–H groups in total. The Morgan fingerprint density at radius 1 is 1.28 bits per heavy atom. The van der Waals surface area contributed by atoms with Crippen LogP contribution in [-0.2, 0) is 4.79 Å². The van der Waals surface area contributed by atoms with Gasteiger partial charge in [-0.05, 0) is 30.7 Å². The van der Waals surface area contributed by atoms with Crippen molar-refractivity contribution in [3.8, 4) is 11.5 Å². The fourth-order valence-corrected chi connectivity index (χ4v) is 3.07. The van der Waals surface area contributed by atoms with Gasteiger partial charge in [0.1, 0.15) is 33.4 Å². The summed E-state index contributed by atoms with van der Waals surface area (Å²) in [7, 11) is 0. The molecule has 0 spiro atoms. The zero-order valence-corrected chi connectivity index (χ0v) is 16.9. The standard InChI is InChI=1S/C13H10FN3O.C6H6N2OS2/c1-9-4-12(8-17-3-2-16-13(9)17)18-11-5-10(14)6-15-7-11;9-3-7-5-1-4(10)2-6(11)8-5/h2-8H,1H3;1-3H,(H3,7,8,9,10,11). The van der Waals surface area contributed by atoms with Crippen LogP contribution in [-0.4, -0.2) is 25.8 Å². The average Bonchev–Trinajstić information content (AvgIpc) is 3.11. The maximum atomic E-state index is 13.0. The van der Waals surface area contributed by atoms with Crippen molar-refractivity contribution in [2.24, 2.45) is 0 Å². The van der Waals surface area contributed by atoms with Crippen LogP contribution in [0.5, 0.6) is 11.5 Å². The van der Waals surface area contributed by atoms with Gasteiger partial charge in [-0.1, -0.05) is 12.2 Å².